The van der Waals surface area contributed by atoms with Crippen molar-refractivity contribution in [2.24, 2.45) is 0 Å². The van der Waals surface area contributed by atoms with E-state index in [1.54, 1.807) is 0 Å². The third kappa shape index (κ3) is 8.03. The second-order valence-electron chi connectivity index (χ2n) is 6.57. The van der Waals surface area contributed by atoms with Crippen molar-refractivity contribution in [3.05, 3.63) is 12.2 Å². The van der Waals surface area contributed by atoms with Crippen LogP contribution in [0.5, 0.6) is 0 Å². The van der Waals surface area contributed by atoms with Gasteiger partial charge in [0.05, 0.1) is 0 Å². The predicted molar refractivity (Wildman–Crippen MR) is 93.8 cm³/mol. The number of unbranched alkanes of at least 4 members (excludes halogenated alkanes) is 3. The molecule has 0 aromatic carbocycles. The van der Waals surface area contributed by atoms with Crippen LogP contribution in [0.2, 0.25) is 13.3 Å². The molecule has 21 heavy (non-hydrogen) atoms. The van der Waals surface area contributed by atoms with Gasteiger partial charge in [-0.15, -0.1) is 0 Å². The van der Waals surface area contributed by atoms with Crippen molar-refractivity contribution in [1.82, 2.24) is 0 Å². The van der Waals surface area contributed by atoms with Crippen LogP contribution in [0.3, 0.4) is 0 Å². The van der Waals surface area contributed by atoms with Crippen molar-refractivity contribution < 1.29 is 8.11 Å². The van der Waals surface area contributed by atoms with Crippen molar-refractivity contribution in [3.8, 4) is 0 Å². The van der Waals surface area contributed by atoms with Gasteiger partial charge in [-0.25, -0.2) is 0 Å². The molecular weight excluding hydrogens is 367 g/mol. The van der Waals surface area contributed by atoms with Crippen LogP contribution < -0.4 is 0 Å². The van der Waals surface area contributed by atoms with E-state index < -0.39 is 18.8 Å². The fraction of sp³-hybridized carbons (Fsp3) is 0.889. The number of allylic oxidation sites excluding steroid dienone is 1. The summed E-state index contributed by atoms with van der Waals surface area (Å²) in [6.07, 6.45) is 16.1. The number of hydrogen-bond donors (Lipinski definition) is 0. The Morgan fingerprint density at radius 2 is 1.52 bits per heavy atom. The molecule has 0 amide bonds. The van der Waals surface area contributed by atoms with Gasteiger partial charge in [-0.05, 0) is 0 Å². The summed E-state index contributed by atoms with van der Waals surface area (Å²) in [5, 5.41) is 0. The van der Waals surface area contributed by atoms with Gasteiger partial charge < -0.3 is 0 Å². The zero-order valence-corrected chi connectivity index (χ0v) is 17.4. The fourth-order valence-electron chi connectivity index (χ4n) is 3.02. The molecule has 0 saturated heterocycles. The minimum absolute atomic E-state index is 0.222. The predicted octanol–water partition coefficient (Wildman–Crippen LogP) is 6.39. The molecule has 124 valence electrons. The minimum atomic E-state index is -2.54. The Morgan fingerprint density at radius 1 is 0.952 bits per heavy atom. The summed E-state index contributed by atoms with van der Waals surface area (Å²) in [5.41, 5.74) is 0. The van der Waals surface area contributed by atoms with Gasteiger partial charge in [0, 0.05) is 0 Å². The summed E-state index contributed by atoms with van der Waals surface area (Å²) in [6, 6.07) is 0. The molecule has 0 heterocycles. The first-order chi connectivity index (χ1) is 10.3. The SMILES string of the molecule is CCC[CH2][Sn]([CH2]CCC)([CH2]CCC)[O]OC1C=CCCC1. The molecule has 0 aliphatic heterocycles. The summed E-state index contributed by atoms with van der Waals surface area (Å²) in [6.45, 7) is 6.88. The molecular formula is C18H36O2Sn. The molecule has 0 N–H and O–H groups in total. The van der Waals surface area contributed by atoms with Crippen LogP contribution in [0.4, 0.5) is 0 Å². The molecule has 1 atom stereocenters. The van der Waals surface area contributed by atoms with E-state index >= 15 is 0 Å². The van der Waals surface area contributed by atoms with Gasteiger partial charge in [-0.3, -0.25) is 0 Å². The maximum absolute atomic E-state index is 6.33. The van der Waals surface area contributed by atoms with Crippen molar-refractivity contribution in [1.29, 1.82) is 0 Å². The molecule has 0 saturated carbocycles. The Bertz CT molecular complexity index is 257. The van der Waals surface area contributed by atoms with E-state index in [1.165, 1.54) is 64.7 Å². The molecule has 1 aliphatic rings. The van der Waals surface area contributed by atoms with Gasteiger partial charge in [-0.1, -0.05) is 0 Å². The van der Waals surface area contributed by atoms with E-state index in [-0.39, 0.29) is 6.10 Å². The van der Waals surface area contributed by atoms with Crippen LogP contribution >= 0.6 is 0 Å². The van der Waals surface area contributed by atoms with E-state index in [4.69, 9.17) is 8.11 Å². The van der Waals surface area contributed by atoms with Crippen LogP contribution in [0.15, 0.2) is 12.2 Å². The summed E-state index contributed by atoms with van der Waals surface area (Å²) in [5.74, 6) is 0. The zero-order chi connectivity index (χ0) is 15.4. The van der Waals surface area contributed by atoms with Crippen LogP contribution in [0.25, 0.3) is 0 Å². The Balaban J connectivity index is 2.60. The van der Waals surface area contributed by atoms with Gasteiger partial charge in [0.25, 0.3) is 0 Å². The quantitative estimate of drug-likeness (QED) is 0.163. The molecule has 1 unspecified atom stereocenters. The fourth-order valence-corrected chi connectivity index (χ4v) is 15.4. The molecule has 0 aromatic rings. The molecule has 1 aliphatic carbocycles. The standard InChI is InChI=1S/C6H10O2.3C4H9.Sn/c7-8-6-4-2-1-3-5-6;3*1-3-4-2;/h2,4,6-7H,1,3,5H2;3*1,3-4H2,2H3;/q;;;;+1/p-1. The maximum atomic E-state index is 6.33. The van der Waals surface area contributed by atoms with Crippen LogP contribution in [0.1, 0.15) is 78.6 Å². The van der Waals surface area contributed by atoms with E-state index in [2.05, 4.69) is 32.9 Å². The van der Waals surface area contributed by atoms with E-state index in [0.717, 1.165) is 6.42 Å². The van der Waals surface area contributed by atoms with Gasteiger partial charge in [-0.2, -0.15) is 0 Å². The second-order valence-corrected chi connectivity index (χ2v) is 18.1. The third-order valence-electron chi connectivity index (χ3n) is 4.52. The topological polar surface area (TPSA) is 18.5 Å². The van der Waals surface area contributed by atoms with E-state index in [1.807, 2.05) is 0 Å². The van der Waals surface area contributed by atoms with Gasteiger partial charge in [0.2, 0.25) is 0 Å². The first-order valence-corrected chi connectivity index (χ1v) is 16.5. The summed E-state index contributed by atoms with van der Waals surface area (Å²) >= 11 is -2.54. The second kappa shape index (κ2) is 12.0. The van der Waals surface area contributed by atoms with Crippen LogP contribution in [-0.4, -0.2) is 24.9 Å². The molecule has 2 nitrogen and oxygen atoms in total. The van der Waals surface area contributed by atoms with Crippen molar-refractivity contribution in [2.45, 2.75) is 98.0 Å². The van der Waals surface area contributed by atoms with Gasteiger partial charge in [0.1, 0.15) is 0 Å². The van der Waals surface area contributed by atoms with Gasteiger partial charge >= 0.3 is 137 Å². The first-order valence-electron chi connectivity index (χ1n) is 9.27. The summed E-state index contributed by atoms with van der Waals surface area (Å²) in [7, 11) is 0. The molecule has 0 aromatic heterocycles. The summed E-state index contributed by atoms with van der Waals surface area (Å²) < 4.78 is 10.4. The number of hydrogen-bond acceptors (Lipinski definition) is 2. The summed E-state index contributed by atoms with van der Waals surface area (Å²) in [4.78, 5) is 5.95. The van der Waals surface area contributed by atoms with E-state index in [9.17, 15) is 0 Å². The molecule has 0 bridgehead atoms. The van der Waals surface area contributed by atoms with Crippen LogP contribution in [0, 0.1) is 0 Å². The zero-order valence-electron chi connectivity index (χ0n) is 14.5. The molecule has 0 spiro atoms. The van der Waals surface area contributed by atoms with Crippen molar-refractivity contribution >= 4 is 18.8 Å². The average molecular weight is 403 g/mol. The monoisotopic (exact) mass is 404 g/mol. The van der Waals surface area contributed by atoms with Gasteiger partial charge in [0.15, 0.2) is 0 Å². The first kappa shape index (κ1) is 19.5. The molecule has 3 heteroatoms. The van der Waals surface area contributed by atoms with Crippen LogP contribution in [-0.2, 0) is 8.11 Å². The van der Waals surface area contributed by atoms with Crippen molar-refractivity contribution in [2.75, 3.05) is 0 Å². The average Bonchev–Trinajstić information content (AvgIpc) is 2.54. The Labute approximate surface area is 137 Å². The van der Waals surface area contributed by atoms with Crippen molar-refractivity contribution in [3.63, 3.8) is 0 Å². The Hall–Kier alpha value is 0.459. The third-order valence-corrected chi connectivity index (χ3v) is 16.6. The molecule has 0 fully saturated rings. The normalized spacial score (nSPS) is 19.1. The van der Waals surface area contributed by atoms with E-state index in [0.29, 0.717) is 0 Å². The Morgan fingerprint density at radius 3 is 1.95 bits per heavy atom. The molecule has 0 radical (unpaired) electrons. The Kier molecular flexibility index (Phi) is 11.1. The number of rotatable bonds is 12. The molecule has 1 rings (SSSR count).